The largest absolute Gasteiger partial charge is 0.400 e. The molecule has 0 aromatic rings. The predicted molar refractivity (Wildman–Crippen MR) is 47.4 cm³/mol. The van der Waals surface area contributed by atoms with Crippen LogP contribution in [-0.4, -0.2) is 16.7 Å². The van der Waals surface area contributed by atoms with Gasteiger partial charge in [-0.3, -0.25) is 0 Å². The lowest BCUT2D eigenvalue weighted by molar-refractivity contribution is -0.135. The fraction of sp³-hybridized carbons (Fsp3) is 1.00. The van der Waals surface area contributed by atoms with Gasteiger partial charge in [-0.05, 0) is 11.2 Å². The first-order valence-electron chi connectivity index (χ1n) is 3.97. The predicted octanol–water partition coefficient (Wildman–Crippen LogP) is 3.71. The van der Waals surface area contributed by atoms with Crippen molar-refractivity contribution in [3.8, 4) is 0 Å². The molecule has 0 spiro atoms. The number of rotatable bonds is 3. The molecule has 0 aliphatic heterocycles. The summed E-state index contributed by atoms with van der Waals surface area (Å²) in [5.41, 5.74) is 0. The number of halogens is 3. The Kier molecular flexibility index (Phi) is 4.45. The fourth-order valence-corrected chi connectivity index (χ4v) is 1.96. The average molecular weight is 200 g/mol. The molecule has 0 amide bonds. The molecule has 0 saturated heterocycles. The van der Waals surface area contributed by atoms with Crippen molar-refractivity contribution in [1.82, 2.24) is 0 Å². The topological polar surface area (TPSA) is 0 Å². The summed E-state index contributed by atoms with van der Waals surface area (Å²) in [7, 11) is 0. The van der Waals surface area contributed by atoms with Crippen molar-refractivity contribution in [2.75, 3.05) is 0 Å². The summed E-state index contributed by atoms with van der Waals surface area (Å²) < 4.78 is 36.9. The Morgan fingerprint density at radius 1 is 1.00 bits per heavy atom. The second-order valence-corrected chi connectivity index (χ2v) is 5.11. The van der Waals surface area contributed by atoms with E-state index in [1.54, 1.807) is 27.7 Å². The summed E-state index contributed by atoms with van der Waals surface area (Å²) in [6.45, 7) is 6.78. The van der Waals surface area contributed by atoms with Gasteiger partial charge >= 0.3 is 6.18 Å². The smallest absolute Gasteiger partial charge is 0.170 e. The molecule has 0 aliphatic carbocycles. The Bertz CT molecular complexity index is 129. The summed E-state index contributed by atoms with van der Waals surface area (Å²) in [5.74, 6) is -0.350. The van der Waals surface area contributed by atoms with Crippen LogP contribution in [0.3, 0.4) is 0 Å². The van der Waals surface area contributed by atoms with Crippen LogP contribution in [0, 0.1) is 5.92 Å². The summed E-state index contributed by atoms with van der Waals surface area (Å²) in [5, 5.41) is -1.20. The summed E-state index contributed by atoms with van der Waals surface area (Å²) >= 11 is 0.990. The molecule has 0 unspecified atom stereocenters. The summed E-state index contributed by atoms with van der Waals surface area (Å²) in [6, 6.07) is 0. The van der Waals surface area contributed by atoms with Crippen molar-refractivity contribution in [1.29, 1.82) is 0 Å². The third-order valence-corrected chi connectivity index (χ3v) is 3.00. The van der Waals surface area contributed by atoms with Gasteiger partial charge in [-0.25, -0.2) is 0 Å². The zero-order chi connectivity index (χ0) is 9.94. The standard InChI is InChI=1S/C8H15F3S/c1-5(2)7(8(9,10)11)12-6(3)4/h5-7H,1-4H3/t7-/m1/s1. The van der Waals surface area contributed by atoms with Crippen molar-refractivity contribution < 1.29 is 13.2 Å². The SMILES string of the molecule is CC(C)S[C@H](C(C)C)C(F)(F)F. The minimum Gasteiger partial charge on any atom is -0.170 e. The Balaban J connectivity index is 4.25. The van der Waals surface area contributed by atoms with Gasteiger partial charge in [0.2, 0.25) is 0 Å². The lowest BCUT2D eigenvalue weighted by Crippen LogP contribution is -2.31. The molecule has 0 fully saturated rings. The molecule has 12 heavy (non-hydrogen) atoms. The molecule has 0 N–H and O–H groups in total. The van der Waals surface area contributed by atoms with E-state index in [-0.39, 0.29) is 11.2 Å². The second-order valence-electron chi connectivity index (χ2n) is 3.39. The van der Waals surface area contributed by atoms with Crippen LogP contribution < -0.4 is 0 Å². The fourth-order valence-electron chi connectivity index (χ4n) is 0.905. The highest BCUT2D eigenvalue weighted by Gasteiger charge is 2.42. The highest BCUT2D eigenvalue weighted by atomic mass is 32.2. The molecule has 74 valence electrons. The molecular weight excluding hydrogens is 185 g/mol. The first kappa shape index (κ1) is 12.1. The van der Waals surface area contributed by atoms with E-state index in [9.17, 15) is 13.2 Å². The van der Waals surface area contributed by atoms with E-state index in [0.29, 0.717) is 0 Å². The molecule has 0 radical (unpaired) electrons. The van der Waals surface area contributed by atoms with Crippen LogP contribution in [0.4, 0.5) is 13.2 Å². The molecule has 0 aliphatic rings. The molecule has 0 aromatic carbocycles. The van der Waals surface area contributed by atoms with Crippen molar-refractivity contribution in [2.45, 2.75) is 44.4 Å². The van der Waals surface area contributed by atoms with Gasteiger partial charge in [0.15, 0.2) is 0 Å². The maximum absolute atomic E-state index is 12.3. The van der Waals surface area contributed by atoms with Crippen LogP contribution in [0.25, 0.3) is 0 Å². The quantitative estimate of drug-likeness (QED) is 0.669. The first-order chi connectivity index (χ1) is 5.25. The monoisotopic (exact) mass is 200 g/mol. The van der Waals surface area contributed by atoms with Gasteiger partial charge < -0.3 is 0 Å². The van der Waals surface area contributed by atoms with E-state index in [1.807, 2.05) is 0 Å². The summed E-state index contributed by atoms with van der Waals surface area (Å²) in [6.07, 6.45) is -4.07. The van der Waals surface area contributed by atoms with Crippen molar-refractivity contribution in [3.63, 3.8) is 0 Å². The highest BCUT2D eigenvalue weighted by molar-refractivity contribution is 8.00. The van der Waals surface area contributed by atoms with Gasteiger partial charge in [0.05, 0.1) is 0 Å². The number of alkyl halides is 3. The molecular formula is C8H15F3S. The minimum atomic E-state index is -4.07. The highest BCUT2D eigenvalue weighted by Crippen LogP contribution is 2.37. The zero-order valence-electron chi connectivity index (χ0n) is 7.77. The first-order valence-corrected chi connectivity index (χ1v) is 4.91. The third kappa shape index (κ3) is 4.24. The van der Waals surface area contributed by atoms with E-state index in [2.05, 4.69) is 0 Å². The lowest BCUT2D eigenvalue weighted by atomic mass is 10.1. The third-order valence-electron chi connectivity index (χ3n) is 1.35. The number of thioether (sulfide) groups is 1. The average Bonchev–Trinajstić information content (AvgIpc) is 1.79. The minimum absolute atomic E-state index is 0.0269. The van der Waals surface area contributed by atoms with E-state index in [1.165, 1.54) is 0 Å². The van der Waals surface area contributed by atoms with Crippen molar-refractivity contribution in [2.24, 2.45) is 5.92 Å². The normalized spacial score (nSPS) is 15.8. The van der Waals surface area contributed by atoms with Gasteiger partial charge in [-0.15, -0.1) is 11.8 Å². The van der Waals surface area contributed by atoms with Crippen LogP contribution in [-0.2, 0) is 0 Å². The Hall–Kier alpha value is 0.140. The van der Waals surface area contributed by atoms with Gasteiger partial charge in [-0.2, -0.15) is 13.2 Å². The van der Waals surface area contributed by atoms with Gasteiger partial charge in [0.1, 0.15) is 5.25 Å². The van der Waals surface area contributed by atoms with E-state index >= 15 is 0 Å². The summed E-state index contributed by atoms with van der Waals surface area (Å²) in [4.78, 5) is 0. The lowest BCUT2D eigenvalue weighted by Gasteiger charge is -2.24. The maximum Gasteiger partial charge on any atom is 0.400 e. The van der Waals surface area contributed by atoms with Crippen LogP contribution in [0.5, 0.6) is 0 Å². The molecule has 0 bridgehead atoms. The number of hydrogen-bond acceptors (Lipinski definition) is 1. The maximum atomic E-state index is 12.3. The van der Waals surface area contributed by atoms with Gasteiger partial charge in [0.25, 0.3) is 0 Å². The second kappa shape index (κ2) is 4.40. The van der Waals surface area contributed by atoms with Gasteiger partial charge in [0, 0.05) is 0 Å². The van der Waals surface area contributed by atoms with E-state index in [4.69, 9.17) is 0 Å². The van der Waals surface area contributed by atoms with Crippen LogP contribution >= 0.6 is 11.8 Å². The molecule has 4 heteroatoms. The molecule has 0 rings (SSSR count). The molecule has 0 nitrogen and oxygen atoms in total. The van der Waals surface area contributed by atoms with Crippen molar-refractivity contribution >= 4 is 11.8 Å². The molecule has 0 saturated carbocycles. The molecule has 0 aromatic heterocycles. The van der Waals surface area contributed by atoms with Crippen LogP contribution in [0.2, 0.25) is 0 Å². The Labute approximate surface area is 75.9 Å². The Morgan fingerprint density at radius 3 is 1.50 bits per heavy atom. The molecule has 0 heterocycles. The molecule has 1 atom stereocenters. The van der Waals surface area contributed by atoms with E-state index in [0.717, 1.165) is 11.8 Å². The van der Waals surface area contributed by atoms with Crippen molar-refractivity contribution in [3.05, 3.63) is 0 Å². The van der Waals surface area contributed by atoms with Crippen LogP contribution in [0.15, 0.2) is 0 Å². The number of hydrogen-bond donors (Lipinski definition) is 0. The van der Waals surface area contributed by atoms with Crippen LogP contribution in [0.1, 0.15) is 27.7 Å². The zero-order valence-corrected chi connectivity index (χ0v) is 8.59. The van der Waals surface area contributed by atoms with Gasteiger partial charge in [-0.1, -0.05) is 27.7 Å². The Morgan fingerprint density at radius 2 is 1.42 bits per heavy atom. The van der Waals surface area contributed by atoms with E-state index < -0.39 is 11.4 Å².